The normalized spacial score (nSPS) is 19.9. The van der Waals surface area contributed by atoms with Crippen LogP contribution in [0.2, 0.25) is 0 Å². The Kier molecular flexibility index (Phi) is 7.85. The fraction of sp³-hybridized carbons (Fsp3) is 0.429. The largest absolute Gasteiger partial charge is 0.493 e. The molecule has 4 rings (SSSR count). The lowest BCUT2D eigenvalue weighted by Gasteiger charge is -2.34. The summed E-state index contributed by atoms with van der Waals surface area (Å²) in [7, 11) is 1.59. The Labute approximate surface area is 215 Å². The molecule has 2 unspecified atom stereocenters. The predicted molar refractivity (Wildman–Crippen MR) is 138 cm³/mol. The number of ether oxygens (including phenoxy) is 3. The number of ketones is 1. The third-order valence-corrected chi connectivity index (χ3v) is 7.00. The molecular formula is C28H32BrNO5. The summed E-state index contributed by atoms with van der Waals surface area (Å²) in [4.78, 5) is 26.2. The van der Waals surface area contributed by atoms with Crippen LogP contribution < -0.4 is 19.5 Å². The molecule has 0 aromatic heterocycles. The highest BCUT2D eigenvalue weighted by molar-refractivity contribution is 9.10. The quantitative estimate of drug-likeness (QED) is 0.450. The van der Waals surface area contributed by atoms with Gasteiger partial charge < -0.3 is 19.5 Å². The number of allylic oxidation sites excluding steroid dienone is 2. The molecule has 2 aliphatic rings. The number of carbonyl (C=O) groups is 2. The van der Waals surface area contributed by atoms with Crippen molar-refractivity contribution in [2.24, 2.45) is 5.92 Å². The van der Waals surface area contributed by atoms with E-state index >= 15 is 0 Å². The Morgan fingerprint density at radius 3 is 2.43 bits per heavy atom. The number of nitrogens with one attached hydrogen (secondary N) is 1. The van der Waals surface area contributed by atoms with Gasteiger partial charge in [-0.3, -0.25) is 9.59 Å². The molecule has 1 aliphatic heterocycles. The molecule has 0 fully saturated rings. The molecule has 1 aliphatic carbocycles. The summed E-state index contributed by atoms with van der Waals surface area (Å²) in [6, 6.07) is 11.8. The van der Waals surface area contributed by atoms with Crippen molar-refractivity contribution in [1.29, 1.82) is 0 Å². The van der Waals surface area contributed by atoms with E-state index < -0.39 is 0 Å². The van der Waals surface area contributed by atoms with Crippen LogP contribution in [0.5, 0.6) is 17.2 Å². The molecule has 2 atom stereocenters. The summed E-state index contributed by atoms with van der Waals surface area (Å²) in [6.07, 6.45) is 1.25. The molecule has 0 saturated heterocycles. The smallest absolute Gasteiger partial charge is 0.225 e. The number of rotatable bonds is 8. The third kappa shape index (κ3) is 5.56. The summed E-state index contributed by atoms with van der Waals surface area (Å²) >= 11 is 3.56. The molecule has 6 nitrogen and oxygen atoms in total. The third-order valence-electron chi connectivity index (χ3n) is 6.41. The molecule has 1 heterocycles. The zero-order chi connectivity index (χ0) is 25.1. The summed E-state index contributed by atoms with van der Waals surface area (Å²) in [5, 5.41) is 3.00. The maximum absolute atomic E-state index is 13.5. The standard InChI is InChI=1S/C28H32BrNO5/c1-5-34-25-13-19(10-22(29)28(25)33-4)21-14-26(32)30-23-11-18(12-24(31)27(21)23)17-6-8-20(9-7-17)35-15-16(2)3/h6-10,13,16,18,21H,5,11-12,14-15H2,1-4H3,(H,30,32). The van der Waals surface area contributed by atoms with Gasteiger partial charge in [0.15, 0.2) is 17.3 Å². The molecule has 0 saturated carbocycles. The van der Waals surface area contributed by atoms with Gasteiger partial charge in [-0.25, -0.2) is 0 Å². The van der Waals surface area contributed by atoms with E-state index in [0.29, 0.717) is 49.0 Å². The van der Waals surface area contributed by atoms with Crippen molar-refractivity contribution in [2.75, 3.05) is 20.3 Å². The highest BCUT2D eigenvalue weighted by Gasteiger charge is 2.38. The summed E-state index contributed by atoms with van der Waals surface area (Å²) in [5.41, 5.74) is 3.38. The van der Waals surface area contributed by atoms with E-state index in [1.807, 2.05) is 43.3 Å². The first-order chi connectivity index (χ1) is 16.8. The number of carbonyl (C=O) groups excluding carboxylic acids is 2. The molecule has 1 N–H and O–H groups in total. The van der Waals surface area contributed by atoms with Gasteiger partial charge >= 0.3 is 0 Å². The van der Waals surface area contributed by atoms with Crippen molar-refractivity contribution in [2.45, 2.75) is 51.9 Å². The number of hydrogen-bond donors (Lipinski definition) is 1. The monoisotopic (exact) mass is 541 g/mol. The van der Waals surface area contributed by atoms with Crippen molar-refractivity contribution >= 4 is 27.6 Å². The van der Waals surface area contributed by atoms with E-state index in [0.717, 1.165) is 27.0 Å². The number of methoxy groups -OCH3 is 1. The van der Waals surface area contributed by atoms with Crippen molar-refractivity contribution in [1.82, 2.24) is 5.32 Å². The van der Waals surface area contributed by atoms with Crippen molar-refractivity contribution < 1.29 is 23.8 Å². The number of benzene rings is 2. The molecule has 0 radical (unpaired) electrons. The van der Waals surface area contributed by atoms with Crippen LogP contribution in [0.4, 0.5) is 0 Å². The average Bonchev–Trinajstić information content (AvgIpc) is 2.82. The zero-order valence-electron chi connectivity index (χ0n) is 20.7. The van der Waals surface area contributed by atoms with Crippen LogP contribution in [-0.4, -0.2) is 32.0 Å². The van der Waals surface area contributed by atoms with Gasteiger partial charge in [-0.05, 0) is 76.5 Å². The van der Waals surface area contributed by atoms with Crippen LogP contribution in [0.1, 0.15) is 63.0 Å². The summed E-state index contributed by atoms with van der Waals surface area (Å²) < 4.78 is 17.8. The first-order valence-electron chi connectivity index (χ1n) is 12.1. The molecular weight excluding hydrogens is 510 g/mol. The maximum Gasteiger partial charge on any atom is 0.225 e. The Morgan fingerprint density at radius 2 is 1.77 bits per heavy atom. The number of Topliss-reactive ketones (excluding diaryl/α,β-unsaturated/α-hetero) is 1. The topological polar surface area (TPSA) is 73.9 Å². The van der Waals surface area contributed by atoms with Crippen molar-refractivity contribution in [3.63, 3.8) is 0 Å². The molecule has 0 spiro atoms. The van der Waals surface area contributed by atoms with Gasteiger partial charge in [0.2, 0.25) is 5.91 Å². The van der Waals surface area contributed by atoms with Gasteiger partial charge in [0, 0.05) is 30.0 Å². The van der Waals surface area contributed by atoms with E-state index in [-0.39, 0.29) is 29.9 Å². The molecule has 1 amide bonds. The lowest BCUT2D eigenvalue weighted by atomic mass is 9.73. The van der Waals surface area contributed by atoms with Gasteiger partial charge in [0.05, 0.1) is 24.8 Å². The second kappa shape index (κ2) is 10.9. The van der Waals surface area contributed by atoms with E-state index in [2.05, 4.69) is 35.1 Å². The highest BCUT2D eigenvalue weighted by Crippen LogP contribution is 2.46. The van der Waals surface area contributed by atoms with Crippen molar-refractivity contribution in [3.8, 4) is 17.2 Å². The van der Waals surface area contributed by atoms with Crippen LogP contribution in [0, 0.1) is 5.92 Å². The number of hydrogen-bond acceptors (Lipinski definition) is 5. The van der Waals surface area contributed by atoms with Crippen LogP contribution in [-0.2, 0) is 9.59 Å². The van der Waals surface area contributed by atoms with Gasteiger partial charge in [-0.2, -0.15) is 0 Å². The Bertz CT molecular complexity index is 1140. The first-order valence-corrected chi connectivity index (χ1v) is 12.9. The minimum absolute atomic E-state index is 0.0148. The second-order valence-corrected chi connectivity index (χ2v) is 10.3. The highest BCUT2D eigenvalue weighted by atomic mass is 79.9. The predicted octanol–water partition coefficient (Wildman–Crippen LogP) is 5.90. The summed E-state index contributed by atoms with van der Waals surface area (Å²) in [6.45, 7) is 7.27. The molecule has 0 bridgehead atoms. The second-order valence-electron chi connectivity index (χ2n) is 9.47. The van der Waals surface area contributed by atoms with Crippen LogP contribution in [0.3, 0.4) is 0 Å². The Hall–Kier alpha value is -2.80. The maximum atomic E-state index is 13.5. The number of amides is 1. The fourth-order valence-electron chi connectivity index (χ4n) is 4.83. The van der Waals surface area contributed by atoms with E-state index in [4.69, 9.17) is 14.2 Å². The molecule has 2 aromatic carbocycles. The first kappa shape index (κ1) is 25.3. The van der Waals surface area contributed by atoms with E-state index in [9.17, 15) is 9.59 Å². The van der Waals surface area contributed by atoms with E-state index in [1.54, 1.807) is 7.11 Å². The van der Waals surface area contributed by atoms with Gasteiger partial charge in [-0.1, -0.05) is 26.0 Å². The number of halogens is 1. The SMILES string of the molecule is CCOc1cc(C2CC(=O)NC3=C2C(=O)CC(c2ccc(OCC(C)C)cc2)C3)cc(Br)c1OC. The van der Waals surface area contributed by atoms with Crippen molar-refractivity contribution in [3.05, 3.63) is 63.3 Å². The fourth-order valence-corrected chi connectivity index (χ4v) is 5.45. The van der Waals surface area contributed by atoms with E-state index in [1.165, 1.54) is 0 Å². The summed E-state index contributed by atoms with van der Waals surface area (Å²) in [5.74, 6) is 2.16. The van der Waals surface area contributed by atoms with Gasteiger partial charge in [0.25, 0.3) is 0 Å². The lowest BCUT2D eigenvalue weighted by molar-refractivity contribution is -0.122. The zero-order valence-corrected chi connectivity index (χ0v) is 22.2. The minimum atomic E-state index is -0.319. The van der Waals surface area contributed by atoms with Crippen LogP contribution in [0.25, 0.3) is 0 Å². The Morgan fingerprint density at radius 1 is 1.03 bits per heavy atom. The van der Waals surface area contributed by atoms with Gasteiger partial charge in [0.1, 0.15) is 5.75 Å². The molecule has 186 valence electrons. The molecule has 35 heavy (non-hydrogen) atoms. The van der Waals surface area contributed by atoms with Gasteiger partial charge in [-0.15, -0.1) is 0 Å². The van der Waals surface area contributed by atoms with Crippen LogP contribution >= 0.6 is 15.9 Å². The molecule has 7 heteroatoms. The Balaban J connectivity index is 1.63. The average molecular weight is 542 g/mol. The minimum Gasteiger partial charge on any atom is -0.493 e. The lowest BCUT2D eigenvalue weighted by Crippen LogP contribution is -2.38. The van der Waals surface area contributed by atoms with Crippen LogP contribution in [0.15, 0.2) is 52.1 Å². The molecule has 2 aromatic rings.